The maximum absolute atomic E-state index is 8.55. The standard InChI is InChI=1S/2C16H36P.H3O4P/c2*1-5-9-13-17(14-10-6-2,15-11-7-3)16-12-8-4;1-5(2,3)4/h2*5-16H2,1-4H3;(H3,1,2,3,4)/q2*+1;/p-2. The van der Waals surface area contributed by atoms with Gasteiger partial charge in [-0.25, -0.2) is 0 Å². The van der Waals surface area contributed by atoms with E-state index in [0.29, 0.717) is 0 Å². The molecule has 0 aromatic heterocycles. The van der Waals surface area contributed by atoms with Gasteiger partial charge in [-0.1, -0.05) is 107 Å². The lowest BCUT2D eigenvalue weighted by Crippen LogP contribution is -2.24. The van der Waals surface area contributed by atoms with Gasteiger partial charge >= 0.3 is 1.43 Å². The molecule has 39 heavy (non-hydrogen) atoms. The Hall–Kier alpha value is 0.970. The molecule has 240 valence electrons. The molecular weight excluding hydrogens is 541 g/mol. The van der Waals surface area contributed by atoms with Gasteiger partial charge in [0.1, 0.15) is 0 Å². The molecule has 0 amide bonds. The van der Waals surface area contributed by atoms with Gasteiger partial charge in [-0.2, -0.15) is 7.82 Å². The molecule has 0 rings (SSSR count). The Bertz CT molecular complexity index is 413. The van der Waals surface area contributed by atoms with Crippen molar-refractivity contribution in [2.24, 2.45) is 0 Å². The second-order valence-electron chi connectivity index (χ2n) is 11.7. The molecule has 4 nitrogen and oxygen atoms in total. The SMILES string of the molecule is CCCC[P+](CCCC)(CCCC)CCCC.CCCC[P+](CCCC)(CCCC)CCCC.O=P([O-])([O-])[O-].[H+]. The third-order valence-corrected chi connectivity index (χ3v) is 18.0. The molecule has 0 saturated heterocycles. The van der Waals surface area contributed by atoms with Gasteiger partial charge in [0.15, 0.2) is 0 Å². The third-order valence-electron chi connectivity index (χ3n) is 7.89. The first-order valence-electron chi connectivity index (χ1n) is 16.9. The molecule has 0 unspecified atom stereocenters. The molecule has 0 aromatic carbocycles. The van der Waals surface area contributed by atoms with Crippen LogP contribution in [-0.4, -0.2) is 49.3 Å². The van der Waals surface area contributed by atoms with E-state index in [1.54, 1.807) is 49.3 Å². The summed E-state index contributed by atoms with van der Waals surface area (Å²) in [6.07, 6.45) is 35.9. The zero-order valence-electron chi connectivity index (χ0n) is 28.9. The van der Waals surface area contributed by atoms with Crippen LogP contribution in [0.25, 0.3) is 0 Å². The van der Waals surface area contributed by atoms with Crippen LogP contribution in [-0.2, 0) is 4.57 Å². The molecule has 0 bridgehead atoms. The van der Waals surface area contributed by atoms with E-state index in [2.05, 4.69) is 55.4 Å². The van der Waals surface area contributed by atoms with Crippen molar-refractivity contribution in [1.29, 1.82) is 0 Å². The summed E-state index contributed by atoms with van der Waals surface area (Å²) in [5.41, 5.74) is 0. The molecule has 0 spiro atoms. The van der Waals surface area contributed by atoms with Gasteiger partial charge in [-0.3, -0.25) is 0 Å². The summed E-state index contributed by atoms with van der Waals surface area (Å²) in [5.74, 6) is 0. The molecule has 0 aliphatic carbocycles. The molecule has 0 radical (unpaired) electrons. The minimum Gasteiger partial charge on any atom is -0.822 e. The second kappa shape index (κ2) is 30.4. The summed E-state index contributed by atoms with van der Waals surface area (Å²) >= 11 is 0. The normalized spacial score (nSPS) is 12.0. The van der Waals surface area contributed by atoms with E-state index in [1.807, 2.05) is 0 Å². The first-order valence-corrected chi connectivity index (χ1v) is 23.4. The highest BCUT2D eigenvalue weighted by Gasteiger charge is 2.35. The fraction of sp³-hybridized carbons (Fsp3) is 1.00. The zero-order valence-corrected chi connectivity index (χ0v) is 30.6. The van der Waals surface area contributed by atoms with Crippen LogP contribution in [0.15, 0.2) is 0 Å². The number of hydrogen-bond acceptors (Lipinski definition) is 4. The van der Waals surface area contributed by atoms with E-state index in [-0.39, 0.29) is 1.43 Å². The average molecular weight is 615 g/mol. The lowest BCUT2D eigenvalue weighted by Gasteiger charge is -2.36. The average Bonchev–Trinajstić information content (AvgIpc) is 2.91. The maximum atomic E-state index is 8.55. The van der Waals surface area contributed by atoms with E-state index in [0.717, 1.165) is 0 Å². The Morgan fingerprint density at radius 3 is 0.564 bits per heavy atom. The Balaban J connectivity index is -0.000000271. The largest absolute Gasteiger partial charge is 1.00 e. The third kappa shape index (κ3) is 31.7. The first kappa shape index (κ1) is 44.4. The van der Waals surface area contributed by atoms with Crippen molar-refractivity contribution in [2.75, 3.05) is 49.3 Å². The highest BCUT2D eigenvalue weighted by molar-refractivity contribution is 7.76. The van der Waals surface area contributed by atoms with Crippen LogP contribution in [0.3, 0.4) is 0 Å². The summed E-state index contributed by atoms with van der Waals surface area (Å²) in [7, 11) is -6.51. The molecule has 0 heterocycles. The summed E-state index contributed by atoms with van der Waals surface area (Å²) in [5, 5.41) is 0. The summed E-state index contributed by atoms with van der Waals surface area (Å²) in [6.45, 7) is 18.8. The molecule has 0 atom stereocenters. The fourth-order valence-corrected chi connectivity index (χ4v) is 15.9. The Morgan fingerprint density at radius 1 is 0.385 bits per heavy atom. The monoisotopic (exact) mass is 614 g/mol. The highest BCUT2D eigenvalue weighted by atomic mass is 31.2. The van der Waals surface area contributed by atoms with Gasteiger partial charge < -0.3 is 19.2 Å². The summed E-state index contributed by atoms with van der Waals surface area (Å²) in [6, 6.07) is 0. The van der Waals surface area contributed by atoms with Crippen LogP contribution in [0.1, 0.15) is 160 Å². The molecule has 0 N–H and O–H groups in total. The van der Waals surface area contributed by atoms with Crippen LogP contribution in [0.4, 0.5) is 0 Å². The zero-order chi connectivity index (χ0) is 30.5. The number of rotatable bonds is 24. The smallest absolute Gasteiger partial charge is 0.822 e. The van der Waals surface area contributed by atoms with Crippen LogP contribution in [0.5, 0.6) is 0 Å². The van der Waals surface area contributed by atoms with Gasteiger partial charge in [0.2, 0.25) is 0 Å². The second-order valence-corrected chi connectivity index (χ2v) is 21.6. The van der Waals surface area contributed by atoms with Crippen LogP contribution in [0.2, 0.25) is 0 Å². The van der Waals surface area contributed by atoms with Crippen molar-refractivity contribution in [1.82, 2.24) is 0 Å². The minimum absolute atomic E-state index is 0. The molecule has 0 aliphatic rings. The molecular formula is C32H73O4P3. The lowest BCUT2D eigenvalue weighted by atomic mass is 10.4. The summed E-state index contributed by atoms with van der Waals surface area (Å²) < 4.78 is 8.55. The fourth-order valence-electron chi connectivity index (χ4n) is 5.29. The molecule has 7 heteroatoms. The van der Waals surface area contributed by atoms with Crippen molar-refractivity contribution in [3.63, 3.8) is 0 Å². The van der Waals surface area contributed by atoms with E-state index >= 15 is 0 Å². The van der Waals surface area contributed by atoms with Gasteiger partial charge in [0.05, 0.1) is 49.3 Å². The van der Waals surface area contributed by atoms with Crippen LogP contribution in [0, 0.1) is 0 Å². The lowest BCUT2D eigenvalue weighted by molar-refractivity contribution is -0.432. The minimum atomic E-state index is -5.39. The van der Waals surface area contributed by atoms with Crippen molar-refractivity contribution in [3.05, 3.63) is 0 Å². The summed E-state index contributed by atoms with van der Waals surface area (Å²) in [4.78, 5) is 25.6. The van der Waals surface area contributed by atoms with Gasteiger partial charge in [-0.15, -0.1) is 0 Å². The maximum Gasteiger partial charge on any atom is 1.00 e. The van der Waals surface area contributed by atoms with Gasteiger partial charge in [-0.05, 0) is 51.4 Å². The predicted molar refractivity (Wildman–Crippen MR) is 181 cm³/mol. The Morgan fingerprint density at radius 2 is 0.487 bits per heavy atom. The number of unbranched alkanes of at least 4 members (excludes halogenated alkanes) is 8. The molecule has 0 fully saturated rings. The quantitative estimate of drug-likeness (QED) is 0.101. The Labute approximate surface area is 250 Å². The van der Waals surface area contributed by atoms with E-state index < -0.39 is 22.3 Å². The van der Waals surface area contributed by atoms with Crippen molar-refractivity contribution in [3.8, 4) is 0 Å². The Kier molecular flexibility index (Phi) is 34.7. The first-order chi connectivity index (χ1) is 18.5. The molecule has 0 saturated carbocycles. The van der Waals surface area contributed by atoms with Crippen molar-refractivity contribution < 1.29 is 20.7 Å². The van der Waals surface area contributed by atoms with Crippen molar-refractivity contribution >= 4 is 22.3 Å². The van der Waals surface area contributed by atoms with Crippen molar-refractivity contribution in [2.45, 2.75) is 158 Å². The molecule has 0 aromatic rings. The van der Waals surface area contributed by atoms with Gasteiger partial charge in [0.25, 0.3) is 0 Å². The van der Waals surface area contributed by atoms with E-state index in [4.69, 9.17) is 19.2 Å². The van der Waals surface area contributed by atoms with Crippen LogP contribution < -0.4 is 14.7 Å². The van der Waals surface area contributed by atoms with E-state index in [9.17, 15) is 0 Å². The highest BCUT2D eigenvalue weighted by Crippen LogP contribution is 2.62. The van der Waals surface area contributed by atoms with Crippen LogP contribution >= 0.6 is 22.3 Å². The van der Waals surface area contributed by atoms with E-state index in [1.165, 1.54) is 103 Å². The topological polar surface area (TPSA) is 86.2 Å². The van der Waals surface area contributed by atoms with Gasteiger partial charge in [0, 0.05) is 14.5 Å². The number of phosphoric acid groups is 1. The molecule has 0 aliphatic heterocycles. The predicted octanol–water partition coefficient (Wildman–Crippen LogP) is 9.70. The number of hydrogen-bond donors (Lipinski definition) is 0.